The molecule has 0 radical (unpaired) electrons. The topological polar surface area (TPSA) is 96.0 Å². The van der Waals surface area contributed by atoms with E-state index in [1.165, 1.54) is 17.0 Å². The summed E-state index contributed by atoms with van der Waals surface area (Å²) in [4.78, 5) is 30.1. The lowest BCUT2D eigenvalue weighted by molar-refractivity contribution is -0.140. The van der Waals surface area contributed by atoms with E-state index in [4.69, 9.17) is 4.74 Å². The summed E-state index contributed by atoms with van der Waals surface area (Å²) in [5, 5.41) is 3.04. The summed E-state index contributed by atoms with van der Waals surface area (Å²) < 4.78 is 34.7. The number of hydrogen-bond acceptors (Lipinski definition) is 5. The molecule has 4 rings (SSSR count). The third kappa shape index (κ3) is 8.95. The summed E-state index contributed by atoms with van der Waals surface area (Å²) in [6.45, 7) is 7.04. The van der Waals surface area contributed by atoms with Crippen LogP contribution in [0.5, 0.6) is 5.75 Å². The Morgan fingerprint density at radius 2 is 1.44 bits per heavy atom. The van der Waals surface area contributed by atoms with Gasteiger partial charge in [0.25, 0.3) is 10.0 Å². The molecule has 2 amide bonds. The van der Waals surface area contributed by atoms with Gasteiger partial charge in [0.05, 0.1) is 17.7 Å². The predicted octanol–water partition coefficient (Wildman–Crippen LogP) is 5.75. The predicted molar refractivity (Wildman–Crippen MR) is 178 cm³/mol. The van der Waals surface area contributed by atoms with Crippen molar-refractivity contribution in [2.45, 2.75) is 57.1 Å². The van der Waals surface area contributed by atoms with Gasteiger partial charge in [0.2, 0.25) is 11.8 Å². The lowest BCUT2D eigenvalue weighted by Gasteiger charge is -2.35. The molecule has 0 aliphatic rings. The highest BCUT2D eigenvalue weighted by molar-refractivity contribution is 7.92. The zero-order valence-corrected chi connectivity index (χ0v) is 27.3. The molecule has 9 heteroatoms. The fourth-order valence-electron chi connectivity index (χ4n) is 5.01. The fourth-order valence-corrected chi connectivity index (χ4v) is 6.43. The number of carbonyl (C=O) groups is 2. The first-order chi connectivity index (χ1) is 21.4. The molecule has 45 heavy (non-hydrogen) atoms. The molecule has 0 spiro atoms. The van der Waals surface area contributed by atoms with E-state index >= 15 is 0 Å². The van der Waals surface area contributed by atoms with Crippen LogP contribution in [0.15, 0.2) is 114 Å². The number of nitrogens with zero attached hydrogens (tertiary/aromatic N) is 2. The summed E-state index contributed by atoms with van der Waals surface area (Å²) in [7, 11) is -2.59. The zero-order chi connectivity index (χ0) is 32.6. The largest absolute Gasteiger partial charge is 0.497 e. The van der Waals surface area contributed by atoms with E-state index in [-0.39, 0.29) is 23.8 Å². The summed E-state index contributed by atoms with van der Waals surface area (Å²) >= 11 is 0. The molecule has 0 saturated heterocycles. The number of carbonyl (C=O) groups excluding carboxylic acids is 2. The van der Waals surface area contributed by atoms with Gasteiger partial charge < -0.3 is 15.0 Å². The van der Waals surface area contributed by atoms with Crippen molar-refractivity contribution in [3.8, 4) is 5.75 Å². The van der Waals surface area contributed by atoms with Crippen LogP contribution < -0.4 is 14.4 Å². The van der Waals surface area contributed by atoms with Crippen LogP contribution in [0.1, 0.15) is 37.5 Å². The van der Waals surface area contributed by atoms with E-state index in [0.29, 0.717) is 11.4 Å². The minimum Gasteiger partial charge on any atom is -0.497 e. The van der Waals surface area contributed by atoms with E-state index in [1.807, 2.05) is 76.2 Å². The Bertz CT molecular complexity index is 1700. The Morgan fingerprint density at radius 3 is 2.07 bits per heavy atom. The fraction of sp³-hybridized carbons (Fsp3) is 0.278. The van der Waals surface area contributed by atoms with Gasteiger partial charge in [-0.25, -0.2) is 8.42 Å². The van der Waals surface area contributed by atoms with Crippen molar-refractivity contribution in [1.29, 1.82) is 0 Å². The minimum atomic E-state index is -4.15. The summed E-state index contributed by atoms with van der Waals surface area (Å²) in [6.07, 6.45) is 0.230. The van der Waals surface area contributed by atoms with Crippen LogP contribution in [-0.2, 0) is 32.6 Å². The van der Waals surface area contributed by atoms with Gasteiger partial charge in [-0.3, -0.25) is 13.9 Å². The molecule has 8 nitrogen and oxygen atoms in total. The Balaban J connectivity index is 1.82. The first kappa shape index (κ1) is 33.3. The number of methoxy groups -OCH3 is 1. The van der Waals surface area contributed by atoms with E-state index in [9.17, 15) is 18.0 Å². The highest BCUT2D eigenvalue weighted by Crippen LogP contribution is 2.26. The van der Waals surface area contributed by atoms with Gasteiger partial charge in [-0.1, -0.05) is 72.8 Å². The van der Waals surface area contributed by atoms with Crippen LogP contribution in [0.4, 0.5) is 5.69 Å². The first-order valence-corrected chi connectivity index (χ1v) is 16.2. The van der Waals surface area contributed by atoms with Crippen molar-refractivity contribution >= 4 is 27.5 Å². The molecule has 0 aromatic heterocycles. The van der Waals surface area contributed by atoms with Gasteiger partial charge in [-0.05, 0) is 80.8 Å². The quantitative estimate of drug-likeness (QED) is 0.216. The van der Waals surface area contributed by atoms with Gasteiger partial charge in [0, 0.05) is 18.5 Å². The molecule has 4 aromatic carbocycles. The van der Waals surface area contributed by atoms with E-state index in [2.05, 4.69) is 5.32 Å². The minimum absolute atomic E-state index is 0.0537. The van der Waals surface area contributed by atoms with Crippen LogP contribution in [0.25, 0.3) is 0 Å². The maximum atomic E-state index is 14.6. The number of benzene rings is 4. The van der Waals surface area contributed by atoms with Crippen LogP contribution in [0.3, 0.4) is 0 Å². The van der Waals surface area contributed by atoms with Gasteiger partial charge in [0.15, 0.2) is 0 Å². The van der Waals surface area contributed by atoms with Gasteiger partial charge in [-0.15, -0.1) is 0 Å². The summed E-state index contributed by atoms with van der Waals surface area (Å²) in [6, 6.07) is 30.9. The second-order valence-corrected chi connectivity index (χ2v) is 13.8. The van der Waals surface area contributed by atoms with Gasteiger partial charge >= 0.3 is 0 Å². The SMILES string of the molecule is COc1cccc(CN(C(=O)CN(c2cccc(C)c2)S(=O)(=O)c2ccccc2)C(Cc2ccccc2)C(=O)NC(C)(C)C)c1. The Kier molecular flexibility index (Phi) is 10.7. The van der Waals surface area contributed by atoms with Crippen LogP contribution >= 0.6 is 0 Å². The monoisotopic (exact) mass is 627 g/mol. The molecule has 236 valence electrons. The van der Waals surface area contributed by atoms with Crippen molar-refractivity contribution in [3.63, 3.8) is 0 Å². The van der Waals surface area contributed by atoms with Crippen LogP contribution in [0.2, 0.25) is 0 Å². The molecular formula is C36H41N3O5S. The third-order valence-corrected chi connectivity index (χ3v) is 8.94. The van der Waals surface area contributed by atoms with Crippen molar-refractivity contribution < 1.29 is 22.7 Å². The molecule has 0 aliphatic carbocycles. The molecule has 1 unspecified atom stereocenters. The first-order valence-electron chi connectivity index (χ1n) is 14.8. The number of sulfonamides is 1. The number of nitrogens with one attached hydrogen (secondary N) is 1. The second-order valence-electron chi connectivity index (χ2n) is 12.0. The summed E-state index contributed by atoms with van der Waals surface area (Å²) in [5.41, 5.74) is 2.22. The average molecular weight is 628 g/mol. The number of amides is 2. The average Bonchev–Trinajstić information content (AvgIpc) is 3.01. The number of hydrogen-bond donors (Lipinski definition) is 1. The zero-order valence-electron chi connectivity index (χ0n) is 26.4. The highest BCUT2D eigenvalue weighted by atomic mass is 32.2. The smallest absolute Gasteiger partial charge is 0.264 e. The Labute approximate surface area is 266 Å². The molecule has 1 atom stereocenters. The molecule has 0 saturated carbocycles. The Hall–Kier alpha value is -4.63. The van der Waals surface area contributed by atoms with Gasteiger partial charge in [-0.2, -0.15) is 0 Å². The lowest BCUT2D eigenvalue weighted by Crippen LogP contribution is -2.56. The second kappa shape index (κ2) is 14.4. The van der Waals surface area contributed by atoms with Crippen molar-refractivity contribution in [1.82, 2.24) is 10.2 Å². The molecule has 0 fully saturated rings. The molecule has 4 aromatic rings. The standard InChI is InChI=1S/C36H41N3O5S/c1-27-14-12-18-30(22-27)39(45(42,43)32-20-10-7-11-21-32)26-34(40)38(25-29-17-13-19-31(23-29)44-5)33(35(41)37-36(2,3)4)24-28-15-8-6-9-16-28/h6-23,33H,24-26H2,1-5H3,(H,37,41). The van der Waals surface area contributed by atoms with Crippen molar-refractivity contribution in [2.75, 3.05) is 18.0 Å². The van der Waals surface area contributed by atoms with E-state index in [0.717, 1.165) is 21.0 Å². The van der Waals surface area contributed by atoms with Crippen molar-refractivity contribution in [2.24, 2.45) is 0 Å². The molecular weight excluding hydrogens is 586 g/mol. The van der Waals surface area contributed by atoms with E-state index in [1.54, 1.807) is 55.6 Å². The van der Waals surface area contributed by atoms with Gasteiger partial charge in [0.1, 0.15) is 18.3 Å². The normalized spacial score (nSPS) is 12.2. The summed E-state index contributed by atoms with van der Waals surface area (Å²) in [5.74, 6) is -0.258. The third-order valence-electron chi connectivity index (χ3n) is 7.16. The number of rotatable bonds is 12. The molecule has 0 heterocycles. The lowest BCUT2D eigenvalue weighted by atomic mass is 10.0. The van der Waals surface area contributed by atoms with E-state index < -0.39 is 34.1 Å². The number of ether oxygens (including phenoxy) is 1. The highest BCUT2D eigenvalue weighted by Gasteiger charge is 2.35. The molecule has 0 aliphatic heterocycles. The molecule has 0 bridgehead atoms. The number of aryl methyl sites for hydroxylation is 1. The maximum Gasteiger partial charge on any atom is 0.264 e. The van der Waals surface area contributed by atoms with Crippen LogP contribution in [-0.4, -0.2) is 50.4 Å². The van der Waals surface area contributed by atoms with Crippen molar-refractivity contribution in [3.05, 3.63) is 126 Å². The Morgan fingerprint density at radius 1 is 0.822 bits per heavy atom. The molecule has 1 N–H and O–H groups in total. The maximum absolute atomic E-state index is 14.6. The number of anilines is 1. The van der Waals surface area contributed by atoms with Crippen LogP contribution in [0, 0.1) is 6.92 Å².